The molecule has 2 aliphatic rings. The molecule has 4 rings (SSSR count). The average molecular weight is 367 g/mol. The first-order valence-corrected chi connectivity index (χ1v) is 9.58. The third-order valence-electron chi connectivity index (χ3n) is 5.13. The number of carbonyl (C=O) groups excluding carboxylic acids is 1. The summed E-state index contributed by atoms with van der Waals surface area (Å²) in [6.07, 6.45) is 6.09. The van der Waals surface area contributed by atoms with Gasteiger partial charge in [-0.3, -0.25) is 9.78 Å². The number of nitrogens with zero attached hydrogens (tertiary/aromatic N) is 5. The van der Waals surface area contributed by atoms with Gasteiger partial charge in [0.15, 0.2) is 0 Å². The lowest BCUT2D eigenvalue weighted by atomic mass is 10.1. The fraction of sp³-hybridized carbons (Fsp3) is 0.500. The molecule has 0 N–H and O–H groups in total. The highest BCUT2D eigenvalue weighted by Crippen LogP contribution is 2.23. The maximum Gasteiger partial charge on any atom is 0.227 e. The maximum atomic E-state index is 12.7. The third-order valence-corrected chi connectivity index (χ3v) is 5.13. The molecule has 2 aromatic heterocycles. The van der Waals surface area contributed by atoms with Crippen LogP contribution < -0.4 is 4.90 Å². The highest BCUT2D eigenvalue weighted by atomic mass is 16.5. The lowest BCUT2D eigenvalue weighted by Gasteiger charge is -2.33. The summed E-state index contributed by atoms with van der Waals surface area (Å²) in [7, 11) is 0. The van der Waals surface area contributed by atoms with Crippen LogP contribution in [0, 0.1) is 6.92 Å². The van der Waals surface area contributed by atoms with Gasteiger partial charge in [0.25, 0.3) is 0 Å². The van der Waals surface area contributed by atoms with Crippen molar-refractivity contribution < 1.29 is 9.53 Å². The molecule has 2 aliphatic heterocycles. The van der Waals surface area contributed by atoms with Crippen LogP contribution in [0.2, 0.25) is 0 Å². The number of hydrogen-bond donors (Lipinski definition) is 0. The minimum absolute atomic E-state index is 0.0998. The van der Waals surface area contributed by atoms with E-state index in [9.17, 15) is 4.79 Å². The maximum absolute atomic E-state index is 12.7. The predicted molar refractivity (Wildman–Crippen MR) is 101 cm³/mol. The second-order valence-corrected chi connectivity index (χ2v) is 7.16. The molecule has 1 atom stereocenters. The smallest absolute Gasteiger partial charge is 0.227 e. The first-order valence-electron chi connectivity index (χ1n) is 9.58. The summed E-state index contributed by atoms with van der Waals surface area (Å²) in [5.41, 5.74) is 2.74. The molecule has 2 saturated heterocycles. The van der Waals surface area contributed by atoms with Crippen LogP contribution >= 0.6 is 0 Å². The van der Waals surface area contributed by atoms with E-state index in [0.29, 0.717) is 26.1 Å². The van der Waals surface area contributed by atoms with Gasteiger partial charge in [0.2, 0.25) is 11.9 Å². The van der Waals surface area contributed by atoms with Crippen LogP contribution in [0.3, 0.4) is 0 Å². The Morgan fingerprint density at radius 1 is 1.19 bits per heavy atom. The standard InChI is InChI=1S/C20H25N5O2/c1-15-4-5-16(13-22-15)12-19(26)25-10-11-27-18(14-25)17-6-7-21-20(23-17)24-8-2-3-9-24/h4-7,13,18H,2-3,8-12,14H2,1H3. The number of rotatable bonds is 4. The topological polar surface area (TPSA) is 71.5 Å². The number of aromatic nitrogens is 3. The number of anilines is 1. The van der Waals surface area contributed by atoms with Gasteiger partial charge in [-0.05, 0) is 37.5 Å². The first kappa shape index (κ1) is 17.9. The normalized spacial score (nSPS) is 20.1. The Morgan fingerprint density at radius 2 is 2.04 bits per heavy atom. The molecule has 0 radical (unpaired) electrons. The van der Waals surface area contributed by atoms with E-state index in [1.807, 2.05) is 30.0 Å². The summed E-state index contributed by atoms with van der Waals surface area (Å²) in [5.74, 6) is 0.866. The van der Waals surface area contributed by atoms with Crippen molar-refractivity contribution in [1.82, 2.24) is 19.9 Å². The molecule has 1 amide bonds. The van der Waals surface area contributed by atoms with Crippen molar-refractivity contribution >= 4 is 11.9 Å². The molecule has 4 heterocycles. The van der Waals surface area contributed by atoms with Crippen LogP contribution in [0.4, 0.5) is 5.95 Å². The summed E-state index contributed by atoms with van der Waals surface area (Å²) in [4.78, 5) is 30.2. The molecular weight excluding hydrogens is 342 g/mol. The molecule has 7 nitrogen and oxygen atoms in total. The Balaban J connectivity index is 1.42. The van der Waals surface area contributed by atoms with Crippen molar-refractivity contribution in [3.8, 4) is 0 Å². The Morgan fingerprint density at radius 3 is 2.81 bits per heavy atom. The molecular formula is C20H25N5O2. The summed E-state index contributed by atoms with van der Waals surface area (Å²) in [6.45, 7) is 5.60. The van der Waals surface area contributed by atoms with Gasteiger partial charge in [-0.25, -0.2) is 9.97 Å². The van der Waals surface area contributed by atoms with E-state index in [-0.39, 0.29) is 12.0 Å². The number of aryl methyl sites for hydroxylation is 1. The number of pyridine rings is 1. The largest absolute Gasteiger partial charge is 0.368 e. The number of carbonyl (C=O) groups is 1. The molecule has 2 fully saturated rings. The number of amides is 1. The monoisotopic (exact) mass is 367 g/mol. The molecule has 0 aliphatic carbocycles. The predicted octanol–water partition coefficient (Wildman–Crippen LogP) is 1.92. The van der Waals surface area contributed by atoms with E-state index in [4.69, 9.17) is 9.72 Å². The van der Waals surface area contributed by atoms with Crippen LogP contribution in [-0.4, -0.2) is 58.5 Å². The van der Waals surface area contributed by atoms with Gasteiger partial charge in [-0.2, -0.15) is 0 Å². The van der Waals surface area contributed by atoms with Gasteiger partial charge in [0.1, 0.15) is 6.10 Å². The van der Waals surface area contributed by atoms with E-state index < -0.39 is 0 Å². The molecule has 1 unspecified atom stereocenters. The van der Waals surface area contributed by atoms with Crippen molar-refractivity contribution in [2.45, 2.75) is 32.3 Å². The van der Waals surface area contributed by atoms with Crippen LogP contribution in [0.1, 0.15) is 35.9 Å². The van der Waals surface area contributed by atoms with Crippen LogP contribution in [0.5, 0.6) is 0 Å². The van der Waals surface area contributed by atoms with E-state index in [2.05, 4.69) is 14.9 Å². The Labute approximate surface area is 159 Å². The van der Waals surface area contributed by atoms with Gasteiger partial charge < -0.3 is 14.5 Å². The molecule has 0 aromatic carbocycles. The fourth-order valence-corrected chi connectivity index (χ4v) is 3.55. The van der Waals surface area contributed by atoms with Crippen molar-refractivity contribution in [3.63, 3.8) is 0 Å². The van der Waals surface area contributed by atoms with Crippen LogP contribution in [-0.2, 0) is 16.0 Å². The van der Waals surface area contributed by atoms with E-state index in [1.165, 1.54) is 12.8 Å². The molecule has 27 heavy (non-hydrogen) atoms. The summed E-state index contributed by atoms with van der Waals surface area (Å²) >= 11 is 0. The molecule has 7 heteroatoms. The SMILES string of the molecule is Cc1ccc(CC(=O)N2CCOC(c3ccnc(N4CCCC4)n3)C2)cn1. The second-order valence-electron chi connectivity index (χ2n) is 7.16. The summed E-state index contributed by atoms with van der Waals surface area (Å²) < 4.78 is 5.91. The molecule has 0 bridgehead atoms. The van der Waals surface area contributed by atoms with E-state index in [0.717, 1.165) is 36.0 Å². The van der Waals surface area contributed by atoms with Gasteiger partial charge in [-0.15, -0.1) is 0 Å². The fourth-order valence-electron chi connectivity index (χ4n) is 3.55. The van der Waals surface area contributed by atoms with Gasteiger partial charge >= 0.3 is 0 Å². The Kier molecular flexibility index (Phi) is 5.29. The zero-order chi connectivity index (χ0) is 18.6. The minimum Gasteiger partial charge on any atom is -0.368 e. The van der Waals surface area contributed by atoms with Gasteiger partial charge in [-0.1, -0.05) is 6.07 Å². The van der Waals surface area contributed by atoms with Crippen molar-refractivity contribution in [2.75, 3.05) is 37.7 Å². The lowest BCUT2D eigenvalue weighted by Crippen LogP contribution is -2.43. The summed E-state index contributed by atoms with van der Waals surface area (Å²) in [6, 6.07) is 5.79. The van der Waals surface area contributed by atoms with Gasteiger partial charge in [0.05, 0.1) is 25.3 Å². The van der Waals surface area contributed by atoms with E-state index in [1.54, 1.807) is 12.4 Å². The minimum atomic E-state index is -0.205. The second kappa shape index (κ2) is 8.00. The zero-order valence-electron chi connectivity index (χ0n) is 15.7. The first-order chi connectivity index (χ1) is 13.2. The number of morpholine rings is 1. The molecule has 0 saturated carbocycles. The molecule has 2 aromatic rings. The van der Waals surface area contributed by atoms with Crippen molar-refractivity contribution in [1.29, 1.82) is 0 Å². The lowest BCUT2D eigenvalue weighted by molar-refractivity contribution is -0.138. The third kappa shape index (κ3) is 4.24. The highest BCUT2D eigenvalue weighted by molar-refractivity contribution is 5.78. The van der Waals surface area contributed by atoms with Crippen LogP contribution in [0.25, 0.3) is 0 Å². The quantitative estimate of drug-likeness (QED) is 0.822. The molecule has 142 valence electrons. The van der Waals surface area contributed by atoms with Gasteiger partial charge in [0, 0.05) is 37.7 Å². The van der Waals surface area contributed by atoms with E-state index >= 15 is 0 Å². The number of ether oxygens (including phenoxy) is 1. The van der Waals surface area contributed by atoms with Crippen molar-refractivity contribution in [3.05, 3.63) is 47.5 Å². The van der Waals surface area contributed by atoms with Crippen molar-refractivity contribution in [2.24, 2.45) is 0 Å². The van der Waals surface area contributed by atoms with Crippen LogP contribution in [0.15, 0.2) is 30.6 Å². The Hall–Kier alpha value is -2.54. The average Bonchev–Trinajstić information content (AvgIpc) is 3.25. The summed E-state index contributed by atoms with van der Waals surface area (Å²) in [5, 5.41) is 0. The zero-order valence-corrected chi connectivity index (χ0v) is 15.7. The number of hydrogen-bond acceptors (Lipinski definition) is 6. The highest BCUT2D eigenvalue weighted by Gasteiger charge is 2.27. The molecule has 0 spiro atoms. The Bertz CT molecular complexity index is 789.